The van der Waals surface area contributed by atoms with Crippen molar-refractivity contribution in [2.45, 2.75) is 125 Å². The number of rotatable bonds is 5. The third-order valence-electron chi connectivity index (χ3n) is 13.8. The molecular weight excluding hydrogens is 520 g/mol. The SMILES string of the molecule is CC1(C)[C@H]2CC[C@]3(C)[C@@H](C(=O)C=C4[C@@H]5C[C@@](C)(C(=O)O)CC[C@@]5(C)CC[C@]43C)[C@]2(C)CC[C@H]1OC(=O)CCC(=O)O. The third-order valence-corrected chi connectivity index (χ3v) is 13.8. The predicted octanol–water partition coefficient (Wildman–Crippen LogP) is 6.83. The van der Waals surface area contributed by atoms with Crippen LogP contribution in [0.3, 0.4) is 0 Å². The molecule has 0 unspecified atom stereocenters. The van der Waals surface area contributed by atoms with Gasteiger partial charge in [-0.3, -0.25) is 19.2 Å². The maximum absolute atomic E-state index is 14.5. The number of carboxylic acid groups (broad SMARTS) is 2. The minimum Gasteiger partial charge on any atom is -0.481 e. The number of aliphatic carboxylic acids is 2. The molecule has 9 atom stereocenters. The van der Waals surface area contributed by atoms with E-state index in [1.807, 2.05) is 13.0 Å². The summed E-state index contributed by atoms with van der Waals surface area (Å²) in [7, 11) is 0. The molecule has 0 aromatic rings. The van der Waals surface area contributed by atoms with Gasteiger partial charge in [-0.1, -0.05) is 47.1 Å². The van der Waals surface area contributed by atoms with Crippen molar-refractivity contribution in [2.24, 2.45) is 50.2 Å². The smallest absolute Gasteiger partial charge is 0.309 e. The number of carbonyl (C=O) groups is 4. The zero-order valence-electron chi connectivity index (χ0n) is 26.1. The van der Waals surface area contributed by atoms with Gasteiger partial charge in [-0.2, -0.15) is 0 Å². The van der Waals surface area contributed by atoms with Crippen LogP contribution in [0.4, 0.5) is 0 Å². The van der Waals surface area contributed by atoms with Gasteiger partial charge in [0, 0.05) is 11.3 Å². The molecule has 0 saturated heterocycles. The minimum absolute atomic E-state index is 0.0233. The normalized spacial score (nSPS) is 46.6. The van der Waals surface area contributed by atoms with Crippen molar-refractivity contribution in [2.75, 3.05) is 0 Å². The van der Waals surface area contributed by atoms with Crippen molar-refractivity contribution >= 4 is 23.7 Å². The second kappa shape index (κ2) is 9.41. The van der Waals surface area contributed by atoms with E-state index in [9.17, 15) is 24.3 Å². The zero-order valence-corrected chi connectivity index (χ0v) is 26.1. The van der Waals surface area contributed by atoms with Gasteiger partial charge in [0.25, 0.3) is 0 Å². The summed E-state index contributed by atoms with van der Waals surface area (Å²) in [6, 6.07) is 0. The van der Waals surface area contributed by atoms with E-state index < -0.39 is 23.3 Å². The highest BCUT2D eigenvalue weighted by Crippen LogP contribution is 2.75. The van der Waals surface area contributed by atoms with Crippen molar-refractivity contribution in [1.29, 1.82) is 0 Å². The van der Waals surface area contributed by atoms with Gasteiger partial charge in [0.1, 0.15) is 6.10 Å². The van der Waals surface area contributed by atoms with Crippen LogP contribution in [-0.2, 0) is 23.9 Å². The van der Waals surface area contributed by atoms with E-state index in [-0.39, 0.29) is 69.6 Å². The molecule has 0 amide bonds. The van der Waals surface area contributed by atoms with E-state index in [4.69, 9.17) is 9.84 Å². The van der Waals surface area contributed by atoms with Gasteiger partial charge < -0.3 is 14.9 Å². The molecular formula is C34H50O7. The lowest BCUT2D eigenvalue weighted by Gasteiger charge is -2.70. The Labute approximate surface area is 244 Å². The topological polar surface area (TPSA) is 118 Å². The Morgan fingerprint density at radius 3 is 2.17 bits per heavy atom. The molecule has 5 aliphatic carbocycles. The van der Waals surface area contributed by atoms with Crippen LogP contribution in [0.1, 0.15) is 119 Å². The predicted molar refractivity (Wildman–Crippen MR) is 154 cm³/mol. The Morgan fingerprint density at radius 2 is 1.54 bits per heavy atom. The number of ketones is 1. The summed E-state index contributed by atoms with van der Waals surface area (Å²) in [5, 5.41) is 19.1. The molecule has 7 nitrogen and oxygen atoms in total. The molecule has 0 heterocycles. The Hall–Kier alpha value is -2.18. The molecule has 0 bridgehead atoms. The number of esters is 1. The highest BCUT2D eigenvalue weighted by Gasteiger charge is 2.70. The lowest BCUT2D eigenvalue weighted by molar-refractivity contribution is -0.211. The number of carbonyl (C=O) groups excluding carboxylic acids is 2. The maximum Gasteiger partial charge on any atom is 0.309 e. The van der Waals surface area contributed by atoms with Gasteiger partial charge in [-0.05, 0) is 104 Å². The van der Waals surface area contributed by atoms with Crippen LogP contribution in [0, 0.1) is 50.2 Å². The molecule has 5 aliphatic rings. The first kappa shape index (κ1) is 30.3. The van der Waals surface area contributed by atoms with Crippen molar-refractivity contribution in [3.05, 3.63) is 11.6 Å². The summed E-state index contributed by atoms with van der Waals surface area (Å²) in [5.41, 5.74) is -0.553. The average molecular weight is 571 g/mol. The van der Waals surface area contributed by atoms with E-state index in [2.05, 4.69) is 41.5 Å². The zero-order chi connectivity index (χ0) is 30.4. The van der Waals surface area contributed by atoms with Gasteiger partial charge >= 0.3 is 17.9 Å². The summed E-state index contributed by atoms with van der Waals surface area (Å²) in [5.74, 6) is -1.87. The van der Waals surface area contributed by atoms with Gasteiger partial charge in [0.2, 0.25) is 0 Å². The van der Waals surface area contributed by atoms with Crippen LogP contribution >= 0.6 is 0 Å². The summed E-state index contributed by atoms with van der Waals surface area (Å²) in [4.78, 5) is 50.3. The number of allylic oxidation sites excluding steroid dienone is 2. The first-order valence-corrected chi connectivity index (χ1v) is 15.7. The highest BCUT2D eigenvalue weighted by molar-refractivity contribution is 5.95. The Kier molecular flexibility index (Phi) is 6.95. The van der Waals surface area contributed by atoms with Crippen molar-refractivity contribution in [3.8, 4) is 0 Å². The molecule has 2 N–H and O–H groups in total. The highest BCUT2D eigenvalue weighted by atomic mass is 16.5. The van der Waals surface area contributed by atoms with E-state index in [1.54, 1.807) is 0 Å². The molecule has 5 rings (SSSR count). The fourth-order valence-electron chi connectivity index (χ4n) is 11.0. The van der Waals surface area contributed by atoms with E-state index in [1.165, 1.54) is 5.57 Å². The van der Waals surface area contributed by atoms with Gasteiger partial charge in [0.05, 0.1) is 18.3 Å². The van der Waals surface area contributed by atoms with Crippen molar-refractivity contribution in [1.82, 2.24) is 0 Å². The van der Waals surface area contributed by atoms with Crippen LogP contribution in [0.2, 0.25) is 0 Å². The standard InChI is InChI=1S/C34H50O7/c1-29(2)23-10-13-34(7)27(32(23,5)12-11-24(29)41-26(38)9-8-25(36)37)22(35)18-20-21-19-31(4,28(39)40)15-14-30(21,3)16-17-33(20,34)6/h18,21,23-24,27H,8-17,19H2,1-7H3,(H,36,37)(H,39,40)/t21-,23+,24+,27-,30-,31-,32+,33+,34+/m0/s1. The van der Waals surface area contributed by atoms with Crippen LogP contribution in [-0.4, -0.2) is 40.0 Å². The van der Waals surface area contributed by atoms with Gasteiger partial charge in [-0.15, -0.1) is 0 Å². The van der Waals surface area contributed by atoms with Crippen LogP contribution in [0.25, 0.3) is 0 Å². The van der Waals surface area contributed by atoms with Gasteiger partial charge in [0.15, 0.2) is 5.78 Å². The summed E-state index contributed by atoms with van der Waals surface area (Å²) >= 11 is 0. The fraction of sp³-hybridized carbons (Fsp3) is 0.824. The molecule has 228 valence electrons. The quantitative estimate of drug-likeness (QED) is 0.348. The van der Waals surface area contributed by atoms with Gasteiger partial charge in [-0.25, -0.2) is 0 Å². The Morgan fingerprint density at radius 1 is 0.878 bits per heavy atom. The fourth-order valence-corrected chi connectivity index (χ4v) is 11.0. The molecule has 41 heavy (non-hydrogen) atoms. The Bertz CT molecular complexity index is 1200. The van der Waals surface area contributed by atoms with Crippen LogP contribution in [0.5, 0.6) is 0 Å². The summed E-state index contributed by atoms with van der Waals surface area (Å²) in [6.45, 7) is 15.5. The minimum atomic E-state index is -1.01. The summed E-state index contributed by atoms with van der Waals surface area (Å²) in [6.07, 6.45) is 8.80. The molecule has 4 fully saturated rings. The first-order chi connectivity index (χ1) is 18.8. The third kappa shape index (κ3) is 4.25. The maximum atomic E-state index is 14.5. The lowest BCUT2D eigenvalue weighted by atomic mass is 9.33. The molecule has 0 radical (unpaired) electrons. The van der Waals surface area contributed by atoms with E-state index in [0.29, 0.717) is 19.3 Å². The molecule has 0 aromatic carbocycles. The Balaban J connectivity index is 1.49. The molecule has 0 spiro atoms. The lowest BCUT2D eigenvalue weighted by Crippen LogP contribution is -2.66. The largest absolute Gasteiger partial charge is 0.481 e. The number of carboxylic acids is 2. The monoisotopic (exact) mass is 570 g/mol. The van der Waals surface area contributed by atoms with Crippen LogP contribution < -0.4 is 0 Å². The molecule has 0 aliphatic heterocycles. The van der Waals surface area contributed by atoms with E-state index >= 15 is 0 Å². The molecule has 4 saturated carbocycles. The van der Waals surface area contributed by atoms with Crippen LogP contribution in [0.15, 0.2) is 11.6 Å². The number of ether oxygens (including phenoxy) is 1. The molecule has 0 aromatic heterocycles. The number of hydrogen-bond donors (Lipinski definition) is 2. The summed E-state index contributed by atoms with van der Waals surface area (Å²) < 4.78 is 5.91. The number of hydrogen-bond acceptors (Lipinski definition) is 5. The average Bonchev–Trinajstić information content (AvgIpc) is 2.86. The second-order valence-corrected chi connectivity index (χ2v) is 16.3. The second-order valence-electron chi connectivity index (χ2n) is 16.3. The van der Waals surface area contributed by atoms with Crippen molar-refractivity contribution in [3.63, 3.8) is 0 Å². The number of fused-ring (bicyclic) bond motifs is 7. The van der Waals surface area contributed by atoms with E-state index in [0.717, 1.165) is 38.5 Å². The molecule has 7 heteroatoms. The van der Waals surface area contributed by atoms with Crippen molar-refractivity contribution < 1.29 is 34.1 Å². The first-order valence-electron chi connectivity index (χ1n) is 15.7.